The van der Waals surface area contributed by atoms with E-state index in [1.54, 1.807) is 26.0 Å². The normalized spacial score (nSPS) is 15.4. The van der Waals surface area contributed by atoms with E-state index < -0.39 is 20.0 Å². The first-order chi connectivity index (χ1) is 13.6. The van der Waals surface area contributed by atoms with E-state index in [1.165, 1.54) is 29.6 Å². The number of anilines is 1. The van der Waals surface area contributed by atoms with Crippen molar-refractivity contribution >= 4 is 25.7 Å². The van der Waals surface area contributed by atoms with E-state index in [1.807, 2.05) is 6.92 Å². The molecular formula is C20H26N2O5S2. The molecule has 0 amide bonds. The Morgan fingerprint density at radius 2 is 1.52 bits per heavy atom. The summed E-state index contributed by atoms with van der Waals surface area (Å²) >= 11 is 0. The van der Waals surface area contributed by atoms with Gasteiger partial charge in [0.05, 0.1) is 22.6 Å². The molecule has 2 aromatic rings. The Morgan fingerprint density at radius 3 is 2.07 bits per heavy atom. The number of hydrogen-bond acceptors (Lipinski definition) is 5. The predicted octanol–water partition coefficient (Wildman–Crippen LogP) is 3.21. The molecule has 1 N–H and O–H groups in total. The van der Waals surface area contributed by atoms with Crippen LogP contribution in [0.4, 0.5) is 5.69 Å². The number of rotatable bonds is 6. The minimum absolute atomic E-state index is 0.0373. The lowest BCUT2D eigenvalue weighted by Gasteiger charge is -2.19. The van der Waals surface area contributed by atoms with Crippen LogP contribution in [0.2, 0.25) is 0 Å². The van der Waals surface area contributed by atoms with Gasteiger partial charge in [0.25, 0.3) is 10.0 Å². The first kappa shape index (κ1) is 21.6. The standard InChI is InChI=1S/C20H26N2O5S2/c1-14-11-15(2)20(16(3)12-14)28(23,24)21-18-13-17(7-8-19(18)27-4)29(25,26)22-9-5-6-10-22/h7-8,11-13,21H,5-6,9-10H2,1-4H3. The molecule has 1 heterocycles. The number of ether oxygens (including phenoxy) is 1. The number of sulfonamides is 2. The van der Waals surface area contributed by atoms with Crippen molar-refractivity contribution in [2.45, 2.75) is 43.4 Å². The summed E-state index contributed by atoms with van der Waals surface area (Å²) in [5.74, 6) is 0.247. The summed E-state index contributed by atoms with van der Waals surface area (Å²) in [6.45, 7) is 6.31. The highest BCUT2D eigenvalue weighted by molar-refractivity contribution is 7.92. The summed E-state index contributed by atoms with van der Waals surface area (Å²) in [6.07, 6.45) is 1.64. The molecule has 29 heavy (non-hydrogen) atoms. The van der Waals surface area contributed by atoms with Crippen LogP contribution in [0.5, 0.6) is 5.75 Å². The number of benzene rings is 2. The van der Waals surface area contributed by atoms with Crippen LogP contribution in [0.15, 0.2) is 40.1 Å². The summed E-state index contributed by atoms with van der Waals surface area (Å²) in [5.41, 5.74) is 2.30. The highest BCUT2D eigenvalue weighted by Gasteiger charge is 2.29. The first-order valence-corrected chi connectivity index (χ1v) is 12.3. The van der Waals surface area contributed by atoms with Crippen molar-refractivity contribution in [2.24, 2.45) is 0 Å². The Morgan fingerprint density at radius 1 is 0.931 bits per heavy atom. The topological polar surface area (TPSA) is 92.8 Å². The third-order valence-electron chi connectivity index (χ3n) is 4.99. The van der Waals surface area contributed by atoms with Crippen LogP contribution >= 0.6 is 0 Å². The molecule has 0 spiro atoms. The van der Waals surface area contributed by atoms with Gasteiger partial charge in [-0.15, -0.1) is 0 Å². The Kier molecular flexibility index (Phi) is 5.93. The van der Waals surface area contributed by atoms with Gasteiger partial charge in [0.15, 0.2) is 0 Å². The van der Waals surface area contributed by atoms with Gasteiger partial charge in [0, 0.05) is 13.1 Å². The fraction of sp³-hybridized carbons (Fsp3) is 0.400. The third-order valence-corrected chi connectivity index (χ3v) is 8.56. The van der Waals surface area contributed by atoms with E-state index in [2.05, 4.69) is 4.72 Å². The van der Waals surface area contributed by atoms with Crippen molar-refractivity contribution in [3.63, 3.8) is 0 Å². The van der Waals surface area contributed by atoms with E-state index >= 15 is 0 Å². The van der Waals surface area contributed by atoms with Gasteiger partial charge < -0.3 is 4.74 Å². The van der Waals surface area contributed by atoms with Crippen LogP contribution in [0.3, 0.4) is 0 Å². The second kappa shape index (κ2) is 7.97. The largest absolute Gasteiger partial charge is 0.495 e. The molecule has 1 aliphatic rings. The zero-order valence-corrected chi connectivity index (χ0v) is 18.7. The molecule has 9 heteroatoms. The molecule has 0 atom stereocenters. The van der Waals surface area contributed by atoms with E-state index in [4.69, 9.17) is 4.74 Å². The lowest BCUT2D eigenvalue weighted by Crippen LogP contribution is -2.28. The van der Waals surface area contributed by atoms with Crippen LogP contribution < -0.4 is 9.46 Å². The number of nitrogens with zero attached hydrogens (tertiary/aromatic N) is 1. The average Bonchev–Trinajstić information content (AvgIpc) is 3.15. The van der Waals surface area contributed by atoms with Gasteiger partial charge in [-0.05, 0) is 62.9 Å². The van der Waals surface area contributed by atoms with E-state index in [0.29, 0.717) is 24.2 Å². The summed E-state index contributed by atoms with van der Waals surface area (Å²) < 4.78 is 61.2. The summed E-state index contributed by atoms with van der Waals surface area (Å²) in [6, 6.07) is 7.82. The molecule has 158 valence electrons. The lowest BCUT2D eigenvalue weighted by molar-refractivity contribution is 0.416. The van der Waals surface area contributed by atoms with Gasteiger partial charge >= 0.3 is 0 Å². The zero-order chi connectivity index (χ0) is 21.4. The molecule has 3 rings (SSSR count). The second-order valence-electron chi connectivity index (χ2n) is 7.31. The molecule has 1 aliphatic heterocycles. The quantitative estimate of drug-likeness (QED) is 0.748. The number of aryl methyl sites for hydroxylation is 3. The number of hydrogen-bond donors (Lipinski definition) is 1. The van der Waals surface area contributed by atoms with Crippen molar-refractivity contribution in [3.8, 4) is 5.75 Å². The van der Waals surface area contributed by atoms with Crippen molar-refractivity contribution in [3.05, 3.63) is 47.0 Å². The predicted molar refractivity (Wildman–Crippen MR) is 112 cm³/mol. The SMILES string of the molecule is COc1ccc(S(=O)(=O)N2CCCC2)cc1NS(=O)(=O)c1c(C)cc(C)cc1C. The van der Waals surface area contributed by atoms with Gasteiger partial charge in [-0.25, -0.2) is 16.8 Å². The van der Waals surface area contributed by atoms with Gasteiger partial charge in [-0.3, -0.25) is 4.72 Å². The molecule has 0 saturated carbocycles. The minimum atomic E-state index is -3.94. The average molecular weight is 439 g/mol. The van der Waals surface area contributed by atoms with Gasteiger partial charge in [-0.1, -0.05) is 17.7 Å². The summed E-state index contributed by atoms with van der Waals surface area (Å²) in [4.78, 5) is 0.216. The van der Waals surface area contributed by atoms with Crippen LogP contribution in [0.25, 0.3) is 0 Å². The van der Waals surface area contributed by atoms with Gasteiger partial charge in [0.2, 0.25) is 10.0 Å². The fourth-order valence-corrected chi connectivity index (χ4v) is 6.85. The van der Waals surface area contributed by atoms with Crippen molar-refractivity contribution < 1.29 is 21.6 Å². The van der Waals surface area contributed by atoms with Crippen LogP contribution in [-0.4, -0.2) is 41.3 Å². The molecule has 1 fully saturated rings. The summed E-state index contributed by atoms with van der Waals surface area (Å²) in [5, 5.41) is 0. The maximum atomic E-state index is 13.1. The Labute approximate surface area is 172 Å². The third kappa shape index (κ3) is 4.26. The van der Waals surface area contributed by atoms with Crippen LogP contribution in [0.1, 0.15) is 29.5 Å². The smallest absolute Gasteiger partial charge is 0.262 e. The van der Waals surface area contributed by atoms with E-state index in [-0.39, 0.29) is 21.2 Å². The molecule has 0 bridgehead atoms. The Hall–Kier alpha value is -2.10. The second-order valence-corrected chi connectivity index (χ2v) is 10.9. The molecule has 7 nitrogen and oxygen atoms in total. The highest BCUT2D eigenvalue weighted by Crippen LogP contribution is 2.33. The molecule has 2 aromatic carbocycles. The first-order valence-electron chi connectivity index (χ1n) is 9.35. The van der Waals surface area contributed by atoms with Crippen LogP contribution in [-0.2, 0) is 20.0 Å². The molecule has 0 unspecified atom stereocenters. The Bertz CT molecular complexity index is 1110. The van der Waals surface area contributed by atoms with Crippen LogP contribution in [0, 0.1) is 20.8 Å². The highest BCUT2D eigenvalue weighted by atomic mass is 32.2. The van der Waals surface area contributed by atoms with Crippen molar-refractivity contribution in [2.75, 3.05) is 24.9 Å². The molecular weight excluding hydrogens is 412 g/mol. The van der Waals surface area contributed by atoms with E-state index in [0.717, 1.165) is 18.4 Å². The molecule has 0 aliphatic carbocycles. The number of nitrogens with one attached hydrogen (secondary N) is 1. The maximum absolute atomic E-state index is 13.1. The van der Waals surface area contributed by atoms with Crippen molar-refractivity contribution in [1.29, 1.82) is 0 Å². The van der Waals surface area contributed by atoms with Crippen molar-refractivity contribution in [1.82, 2.24) is 4.31 Å². The molecule has 0 radical (unpaired) electrons. The summed E-state index contributed by atoms with van der Waals surface area (Å²) in [7, 11) is -6.22. The van der Waals surface area contributed by atoms with Gasteiger partial charge in [-0.2, -0.15) is 4.31 Å². The van der Waals surface area contributed by atoms with Gasteiger partial charge in [0.1, 0.15) is 5.75 Å². The van der Waals surface area contributed by atoms with E-state index in [9.17, 15) is 16.8 Å². The maximum Gasteiger partial charge on any atom is 0.262 e. The fourth-order valence-electron chi connectivity index (χ4n) is 3.79. The molecule has 0 aromatic heterocycles. The minimum Gasteiger partial charge on any atom is -0.495 e. The lowest BCUT2D eigenvalue weighted by atomic mass is 10.1. The monoisotopic (exact) mass is 438 g/mol. The Balaban J connectivity index is 2.04. The molecule has 1 saturated heterocycles. The zero-order valence-electron chi connectivity index (χ0n) is 17.0. The number of methoxy groups -OCH3 is 1.